The van der Waals surface area contributed by atoms with E-state index in [0.717, 1.165) is 22.7 Å². The molecule has 0 saturated carbocycles. The predicted molar refractivity (Wildman–Crippen MR) is 95.2 cm³/mol. The SMILES string of the molecule is COc1cccc(Cc2nc(-c3nnn(-c4ccccc4)c3C)no2)c1. The number of nitrogens with zero attached hydrogens (tertiary/aromatic N) is 5. The summed E-state index contributed by atoms with van der Waals surface area (Å²) in [5, 5.41) is 12.5. The number of benzene rings is 2. The fourth-order valence-corrected chi connectivity index (χ4v) is 2.73. The van der Waals surface area contributed by atoms with Gasteiger partial charge < -0.3 is 9.26 Å². The van der Waals surface area contributed by atoms with Crippen molar-refractivity contribution in [1.29, 1.82) is 0 Å². The fraction of sp³-hybridized carbons (Fsp3) is 0.158. The highest BCUT2D eigenvalue weighted by atomic mass is 16.5. The number of rotatable bonds is 5. The molecule has 0 unspecified atom stereocenters. The van der Waals surface area contributed by atoms with E-state index >= 15 is 0 Å². The van der Waals surface area contributed by atoms with Crippen LogP contribution in [0.3, 0.4) is 0 Å². The van der Waals surface area contributed by atoms with E-state index in [1.54, 1.807) is 11.8 Å². The van der Waals surface area contributed by atoms with Gasteiger partial charge in [-0.3, -0.25) is 0 Å². The minimum absolute atomic E-state index is 0.433. The van der Waals surface area contributed by atoms with Crippen molar-refractivity contribution in [3.05, 3.63) is 71.7 Å². The van der Waals surface area contributed by atoms with E-state index in [0.29, 0.717) is 23.8 Å². The highest BCUT2D eigenvalue weighted by Gasteiger charge is 2.18. The quantitative estimate of drug-likeness (QED) is 0.551. The van der Waals surface area contributed by atoms with Crippen LogP contribution in [-0.2, 0) is 6.42 Å². The molecule has 130 valence electrons. The summed E-state index contributed by atoms with van der Waals surface area (Å²) in [6, 6.07) is 17.6. The first-order chi connectivity index (χ1) is 12.7. The summed E-state index contributed by atoms with van der Waals surface area (Å²) in [5.41, 5.74) is 3.42. The summed E-state index contributed by atoms with van der Waals surface area (Å²) in [5.74, 6) is 1.74. The lowest BCUT2D eigenvalue weighted by Gasteiger charge is -2.01. The van der Waals surface area contributed by atoms with Gasteiger partial charge in [-0.15, -0.1) is 5.10 Å². The van der Waals surface area contributed by atoms with Gasteiger partial charge in [-0.2, -0.15) is 4.98 Å². The van der Waals surface area contributed by atoms with E-state index < -0.39 is 0 Å². The lowest BCUT2D eigenvalue weighted by atomic mass is 10.1. The van der Waals surface area contributed by atoms with Crippen LogP contribution in [0.2, 0.25) is 0 Å². The Kier molecular flexibility index (Phi) is 4.18. The van der Waals surface area contributed by atoms with Gasteiger partial charge >= 0.3 is 0 Å². The van der Waals surface area contributed by atoms with E-state index in [1.807, 2.05) is 61.5 Å². The summed E-state index contributed by atoms with van der Waals surface area (Å²) in [6.45, 7) is 1.93. The van der Waals surface area contributed by atoms with Crippen LogP contribution in [0.25, 0.3) is 17.2 Å². The molecule has 0 atom stereocenters. The Balaban J connectivity index is 1.59. The smallest absolute Gasteiger partial charge is 0.231 e. The van der Waals surface area contributed by atoms with Crippen molar-refractivity contribution in [2.45, 2.75) is 13.3 Å². The zero-order chi connectivity index (χ0) is 17.9. The van der Waals surface area contributed by atoms with Crippen LogP contribution in [0, 0.1) is 6.92 Å². The predicted octanol–water partition coefficient (Wildman–Crippen LogP) is 3.23. The zero-order valence-electron chi connectivity index (χ0n) is 14.5. The third-order valence-electron chi connectivity index (χ3n) is 4.06. The first kappa shape index (κ1) is 16.0. The molecular weight excluding hydrogens is 330 g/mol. The van der Waals surface area contributed by atoms with Crippen molar-refractivity contribution >= 4 is 0 Å². The number of methoxy groups -OCH3 is 1. The minimum Gasteiger partial charge on any atom is -0.497 e. The molecule has 7 heteroatoms. The van der Waals surface area contributed by atoms with E-state index in [2.05, 4.69) is 20.5 Å². The van der Waals surface area contributed by atoms with Gasteiger partial charge in [0.1, 0.15) is 5.75 Å². The van der Waals surface area contributed by atoms with Crippen LogP contribution in [-0.4, -0.2) is 32.2 Å². The second-order valence-electron chi connectivity index (χ2n) is 5.81. The maximum atomic E-state index is 5.39. The maximum absolute atomic E-state index is 5.39. The van der Waals surface area contributed by atoms with E-state index in [1.165, 1.54) is 0 Å². The van der Waals surface area contributed by atoms with Gasteiger partial charge in [0.2, 0.25) is 11.7 Å². The Morgan fingerprint density at radius 3 is 2.73 bits per heavy atom. The topological polar surface area (TPSA) is 78.9 Å². The molecule has 2 heterocycles. The molecule has 0 aliphatic carbocycles. The molecule has 0 amide bonds. The van der Waals surface area contributed by atoms with Crippen LogP contribution < -0.4 is 4.74 Å². The van der Waals surface area contributed by atoms with Crippen molar-refractivity contribution in [2.24, 2.45) is 0 Å². The van der Waals surface area contributed by atoms with Gasteiger partial charge in [0.25, 0.3) is 0 Å². The molecule has 0 spiro atoms. The summed E-state index contributed by atoms with van der Waals surface area (Å²) in [6.07, 6.45) is 0.524. The molecule has 4 rings (SSSR count). The molecule has 0 bridgehead atoms. The maximum Gasteiger partial charge on any atom is 0.231 e. The van der Waals surface area contributed by atoms with Gasteiger partial charge in [0.05, 0.1) is 24.9 Å². The van der Waals surface area contributed by atoms with Crippen molar-refractivity contribution < 1.29 is 9.26 Å². The Hall–Kier alpha value is -3.48. The summed E-state index contributed by atoms with van der Waals surface area (Å²) in [7, 11) is 1.64. The molecule has 0 aliphatic heterocycles. The monoisotopic (exact) mass is 347 g/mol. The van der Waals surface area contributed by atoms with Gasteiger partial charge in [0, 0.05) is 0 Å². The number of aromatic nitrogens is 5. The summed E-state index contributed by atoms with van der Waals surface area (Å²) >= 11 is 0. The molecule has 26 heavy (non-hydrogen) atoms. The van der Waals surface area contributed by atoms with E-state index in [4.69, 9.17) is 9.26 Å². The minimum atomic E-state index is 0.433. The van der Waals surface area contributed by atoms with Crippen molar-refractivity contribution in [1.82, 2.24) is 25.1 Å². The van der Waals surface area contributed by atoms with Gasteiger partial charge in [0.15, 0.2) is 5.69 Å². The molecule has 4 aromatic rings. The lowest BCUT2D eigenvalue weighted by molar-refractivity contribution is 0.385. The van der Waals surface area contributed by atoms with Gasteiger partial charge in [-0.25, -0.2) is 4.68 Å². The second-order valence-corrected chi connectivity index (χ2v) is 5.81. The standard InChI is InChI=1S/C19H17N5O2/c1-13-18(21-23-24(13)15-8-4-3-5-9-15)19-20-17(26-22-19)12-14-7-6-10-16(11-14)25-2/h3-11H,12H2,1-2H3. The number of ether oxygens (including phenoxy) is 1. The summed E-state index contributed by atoms with van der Waals surface area (Å²) in [4.78, 5) is 4.46. The number of hydrogen-bond acceptors (Lipinski definition) is 6. The Morgan fingerprint density at radius 2 is 1.92 bits per heavy atom. The van der Waals surface area contributed by atoms with Gasteiger partial charge in [-0.05, 0) is 36.8 Å². The molecule has 0 saturated heterocycles. The average Bonchev–Trinajstić information content (AvgIpc) is 3.29. The molecular formula is C19H17N5O2. The van der Waals surface area contributed by atoms with Crippen LogP contribution in [0.5, 0.6) is 5.75 Å². The summed E-state index contributed by atoms with van der Waals surface area (Å²) < 4.78 is 12.4. The normalized spacial score (nSPS) is 10.8. The first-order valence-electron chi connectivity index (χ1n) is 8.18. The largest absolute Gasteiger partial charge is 0.497 e. The molecule has 0 fully saturated rings. The van der Waals surface area contributed by atoms with Crippen LogP contribution in [0.1, 0.15) is 17.1 Å². The molecule has 2 aromatic heterocycles. The highest BCUT2D eigenvalue weighted by molar-refractivity contribution is 5.52. The number of hydrogen-bond donors (Lipinski definition) is 0. The highest BCUT2D eigenvalue weighted by Crippen LogP contribution is 2.21. The Bertz CT molecular complexity index is 1020. The Labute approximate surface area is 150 Å². The molecule has 2 aromatic carbocycles. The molecule has 7 nitrogen and oxygen atoms in total. The molecule has 0 radical (unpaired) electrons. The van der Waals surface area contributed by atoms with Gasteiger partial charge in [-0.1, -0.05) is 40.7 Å². The van der Waals surface area contributed by atoms with Crippen LogP contribution in [0.15, 0.2) is 59.1 Å². The fourth-order valence-electron chi connectivity index (χ4n) is 2.73. The third-order valence-corrected chi connectivity index (χ3v) is 4.06. The molecule has 0 aliphatic rings. The third kappa shape index (κ3) is 3.06. The van der Waals surface area contributed by atoms with E-state index in [-0.39, 0.29) is 0 Å². The first-order valence-corrected chi connectivity index (χ1v) is 8.18. The second kappa shape index (κ2) is 6.79. The van der Waals surface area contributed by atoms with Crippen molar-refractivity contribution in [2.75, 3.05) is 7.11 Å². The average molecular weight is 347 g/mol. The number of para-hydroxylation sites is 1. The van der Waals surface area contributed by atoms with E-state index in [9.17, 15) is 0 Å². The lowest BCUT2D eigenvalue weighted by Crippen LogP contribution is -1.98. The van der Waals surface area contributed by atoms with Crippen molar-refractivity contribution in [3.8, 4) is 23.0 Å². The molecule has 0 N–H and O–H groups in total. The van der Waals surface area contributed by atoms with Crippen LogP contribution >= 0.6 is 0 Å². The zero-order valence-corrected chi connectivity index (χ0v) is 14.5. The Morgan fingerprint density at radius 1 is 1.08 bits per heavy atom. The van der Waals surface area contributed by atoms with Crippen LogP contribution in [0.4, 0.5) is 0 Å². The van der Waals surface area contributed by atoms with Crippen molar-refractivity contribution in [3.63, 3.8) is 0 Å².